The zero-order valence-electron chi connectivity index (χ0n) is 8.75. The molecule has 0 aromatic heterocycles. The van der Waals surface area contributed by atoms with E-state index >= 15 is 0 Å². The van der Waals surface area contributed by atoms with Gasteiger partial charge in [-0.05, 0) is 57.3 Å². The molecular formula is C12H18O2. The second-order valence-electron chi connectivity index (χ2n) is 5.51. The van der Waals surface area contributed by atoms with Crippen LogP contribution in [0.15, 0.2) is 0 Å². The maximum absolute atomic E-state index is 11.9. The van der Waals surface area contributed by atoms with Crippen LogP contribution in [-0.2, 0) is 4.79 Å². The summed E-state index contributed by atoms with van der Waals surface area (Å²) >= 11 is 0. The van der Waals surface area contributed by atoms with Gasteiger partial charge in [-0.3, -0.25) is 4.79 Å². The number of aliphatic hydroxyl groups is 1. The van der Waals surface area contributed by atoms with Crippen molar-refractivity contribution in [3.05, 3.63) is 0 Å². The average Bonchev–Trinajstić information content (AvgIpc) is 2.71. The molecule has 3 saturated carbocycles. The number of carbonyl (C=O) groups is 1. The van der Waals surface area contributed by atoms with Crippen LogP contribution < -0.4 is 0 Å². The summed E-state index contributed by atoms with van der Waals surface area (Å²) in [5, 5.41) is 10.7. The third-order valence-electron chi connectivity index (χ3n) is 5.33. The van der Waals surface area contributed by atoms with Gasteiger partial charge in [-0.25, -0.2) is 0 Å². The summed E-state index contributed by atoms with van der Waals surface area (Å²) < 4.78 is 0. The van der Waals surface area contributed by atoms with Crippen LogP contribution in [-0.4, -0.2) is 16.5 Å². The fourth-order valence-electron chi connectivity index (χ4n) is 4.83. The smallest absolute Gasteiger partial charge is 0.139 e. The third kappa shape index (κ3) is 0.690. The first-order chi connectivity index (χ1) is 6.61. The van der Waals surface area contributed by atoms with Crippen molar-refractivity contribution in [1.29, 1.82) is 0 Å². The number of fused-ring (bicyclic) bond motifs is 5. The van der Waals surface area contributed by atoms with Gasteiger partial charge in [0.15, 0.2) is 0 Å². The lowest BCUT2D eigenvalue weighted by atomic mass is 9.63. The molecule has 3 rings (SSSR count). The minimum atomic E-state index is -0.609. The highest BCUT2D eigenvalue weighted by Gasteiger charge is 2.70. The fraction of sp³-hybridized carbons (Fsp3) is 0.917. The molecule has 1 N–H and O–H groups in total. The van der Waals surface area contributed by atoms with Gasteiger partial charge in [0.25, 0.3) is 0 Å². The molecule has 0 heterocycles. The first-order valence-electron chi connectivity index (χ1n) is 5.85. The van der Waals surface area contributed by atoms with Crippen LogP contribution in [0.2, 0.25) is 0 Å². The Morgan fingerprint density at radius 3 is 2.64 bits per heavy atom. The lowest BCUT2D eigenvalue weighted by molar-refractivity contribution is -0.150. The Morgan fingerprint density at radius 2 is 2.00 bits per heavy atom. The van der Waals surface area contributed by atoms with E-state index in [1.165, 1.54) is 6.42 Å². The topological polar surface area (TPSA) is 37.3 Å². The minimum Gasteiger partial charge on any atom is -0.389 e. The Hall–Kier alpha value is -0.370. The zero-order valence-corrected chi connectivity index (χ0v) is 8.75. The van der Waals surface area contributed by atoms with Gasteiger partial charge in [-0.15, -0.1) is 0 Å². The lowest BCUT2D eigenvalue weighted by Crippen LogP contribution is -2.52. The lowest BCUT2D eigenvalue weighted by Gasteiger charge is -2.44. The molecule has 0 amide bonds. The van der Waals surface area contributed by atoms with E-state index in [2.05, 4.69) is 0 Å². The van der Waals surface area contributed by atoms with Crippen LogP contribution >= 0.6 is 0 Å². The maximum Gasteiger partial charge on any atom is 0.139 e. The molecule has 3 fully saturated rings. The maximum atomic E-state index is 11.9. The SMILES string of the molecule is CC(=O)C12CCCC1(O)C1CCC2C1. The highest BCUT2D eigenvalue weighted by molar-refractivity contribution is 5.85. The van der Waals surface area contributed by atoms with Crippen LogP contribution in [0.1, 0.15) is 45.4 Å². The Morgan fingerprint density at radius 1 is 1.29 bits per heavy atom. The molecule has 14 heavy (non-hydrogen) atoms. The predicted octanol–water partition coefficient (Wildman–Crippen LogP) is 1.91. The largest absolute Gasteiger partial charge is 0.389 e. The number of hydrogen-bond acceptors (Lipinski definition) is 2. The van der Waals surface area contributed by atoms with Crippen LogP contribution in [0.25, 0.3) is 0 Å². The quantitative estimate of drug-likeness (QED) is 0.692. The van der Waals surface area contributed by atoms with Crippen molar-refractivity contribution in [2.45, 2.75) is 51.0 Å². The summed E-state index contributed by atoms with van der Waals surface area (Å²) in [6.45, 7) is 1.69. The Labute approximate surface area is 84.7 Å². The van der Waals surface area contributed by atoms with Crippen molar-refractivity contribution in [2.24, 2.45) is 17.3 Å². The van der Waals surface area contributed by atoms with E-state index in [1.807, 2.05) is 0 Å². The zero-order chi connectivity index (χ0) is 9.97. The summed E-state index contributed by atoms with van der Waals surface area (Å²) in [6, 6.07) is 0. The summed E-state index contributed by atoms with van der Waals surface area (Å²) in [7, 11) is 0. The highest BCUT2D eigenvalue weighted by atomic mass is 16.3. The average molecular weight is 194 g/mol. The van der Waals surface area contributed by atoms with Gasteiger partial charge in [-0.2, -0.15) is 0 Å². The molecule has 3 aliphatic rings. The summed E-state index contributed by atoms with van der Waals surface area (Å²) in [4.78, 5) is 11.9. The molecule has 78 valence electrons. The van der Waals surface area contributed by atoms with Crippen molar-refractivity contribution in [3.8, 4) is 0 Å². The van der Waals surface area contributed by atoms with E-state index < -0.39 is 5.60 Å². The summed E-state index contributed by atoms with van der Waals surface area (Å²) in [6.07, 6.45) is 6.29. The molecule has 4 unspecified atom stereocenters. The third-order valence-corrected chi connectivity index (χ3v) is 5.33. The standard InChI is InChI=1S/C12H18O2/c1-8(13)11-5-2-6-12(11,14)10-4-3-9(11)7-10/h9-10,14H,2-7H2,1H3. The molecule has 0 spiro atoms. The van der Waals surface area contributed by atoms with Crippen molar-refractivity contribution in [1.82, 2.24) is 0 Å². The predicted molar refractivity (Wildman–Crippen MR) is 52.7 cm³/mol. The Bertz CT molecular complexity index is 299. The second kappa shape index (κ2) is 2.41. The van der Waals surface area contributed by atoms with Crippen LogP contribution in [0.3, 0.4) is 0 Å². The van der Waals surface area contributed by atoms with Crippen molar-refractivity contribution < 1.29 is 9.90 Å². The molecule has 2 nitrogen and oxygen atoms in total. The molecule has 0 saturated heterocycles. The number of carbonyl (C=O) groups excluding carboxylic acids is 1. The number of hydrogen-bond donors (Lipinski definition) is 1. The molecule has 0 aromatic carbocycles. The van der Waals surface area contributed by atoms with Gasteiger partial charge in [0.2, 0.25) is 0 Å². The van der Waals surface area contributed by atoms with Gasteiger partial charge in [0.1, 0.15) is 5.78 Å². The number of rotatable bonds is 1. The van der Waals surface area contributed by atoms with Crippen LogP contribution in [0.4, 0.5) is 0 Å². The van der Waals surface area contributed by atoms with Crippen LogP contribution in [0, 0.1) is 17.3 Å². The molecule has 2 bridgehead atoms. The molecule has 2 heteroatoms. The van der Waals surface area contributed by atoms with Crippen molar-refractivity contribution in [2.75, 3.05) is 0 Å². The van der Waals surface area contributed by atoms with Crippen molar-refractivity contribution >= 4 is 5.78 Å². The van der Waals surface area contributed by atoms with E-state index in [9.17, 15) is 9.90 Å². The minimum absolute atomic E-state index is 0.254. The van der Waals surface area contributed by atoms with E-state index in [0.29, 0.717) is 11.8 Å². The van der Waals surface area contributed by atoms with Gasteiger partial charge >= 0.3 is 0 Å². The molecule has 3 aliphatic carbocycles. The fourth-order valence-corrected chi connectivity index (χ4v) is 4.83. The molecule has 0 aromatic rings. The Balaban J connectivity index is 2.13. The monoisotopic (exact) mass is 194 g/mol. The van der Waals surface area contributed by atoms with E-state index in [4.69, 9.17) is 0 Å². The Kier molecular flexibility index (Phi) is 1.53. The van der Waals surface area contributed by atoms with Gasteiger partial charge in [0, 0.05) is 0 Å². The summed E-state index contributed by atoms with van der Waals surface area (Å²) in [5.74, 6) is 1.18. The van der Waals surface area contributed by atoms with Gasteiger partial charge in [-0.1, -0.05) is 0 Å². The molecule has 4 atom stereocenters. The highest BCUT2D eigenvalue weighted by Crippen LogP contribution is 2.68. The van der Waals surface area contributed by atoms with Gasteiger partial charge < -0.3 is 5.11 Å². The first-order valence-corrected chi connectivity index (χ1v) is 5.85. The molecule has 0 aliphatic heterocycles. The summed E-state index contributed by atoms with van der Waals surface area (Å²) in [5.41, 5.74) is -0.933. The van der Waals surface area contributed by atoms with E-state index in [-0.39, 0.29) is 11.2 Å². The first kappa shape index (κ1) is 8.90. The number of ketones is 1. The second-order valence-corrected chi connectivity index (χ2v) is 5.51. The van der Waals surface area contributed by atoms with Crippen LogP contribution in [0.5, 0.6) is 0 Å². The van der Waals surface area contributed by atoms with E-state index in [0.717, 1.165) is 32.1 Å². The molecular weight excluding hydrogens is 176 g/mol. The van der Waals surface area contributed by atoms with Gasteiger partial charge in [0.05, 0.1) is 11.0 Å². The molecule has 0 radical (unpaired) electrons. The van der Waals surface area contributed by atoms with Crippen molar-refractivity contribution in [3.63, 3.8) is 0 Å². The van der Waals surface area contributed by atoms with E-state index in [1.54, 1.807) is 6.92 Å². The normalized spacial score (nSPS) is 55.0. The number of Topliss-reactive ketones (excluding diaryl/α,β-unsaturated/α-hetero) is 1.